The Morgan fingerprint density at radius 2 is 1.62 bits per heavy atom. The average Bonchev–Trinajstić information content (AvgIpc) is 3.19. The van der Waals surface area contributed by atoms with Crippen LogP contribution >= 0.6 is 0 Å². The lowest BCUT2D eigenvalue weighted by Crippen LogP contribution is -2.05. The van der Waals surface area contributed by atoms with Gasteiger partial charge in [-0.15, -0.1) is 0 Å². The molecule has 0 N–H and O–H groups in total. The number of rotatable bonds is 4. The fraction of sp³-hybridized carbons (Fsp3) is 0.0417. The molecule has 0 aliphatic heterocycles. The molecule has 0 bridgehead atoms. The Morgan fingerprint density at radius 1 is 0.923 bits per heavy atom. The lowest BCUT2D eigenvalue weighted by atomic mass is 9.91. The van der Waals surface area contributed by atoms with Gasteiger partial charge in [-0.3, -0.25) is 9.78 Å². The SMILES string of the molecule is Cc1nc2ccccc2c(-c2ccccc2)c1C(=O)/C=C/[C]1[CH][CH][CH][CH]1. The van der Waals surface area contributed by atoms with Crippen LogP contribution < -0.4 is 0 Å². The van der Waals surface area contributed by atoms with Gasteiger partial charge >= 0.3 is 0 Å². The molecule has 4 rings (SSSR count). The lowest BCUT2D eigenvalue weighted by molar-refractivity contribution is 0.104. The largest absolute Gasteiger partial charge is 0.289 e. The van der Waals surface area contributed by atoms with E-state index < -0.39 is 0 Å². The summed E-state index contributed by atoms with van der Waals surface area (Å²) in [5.41, 5.74) is 4.29. The Bertz CT molecular complexity index is 966. The van der Waals surface area contributed by atoms with Crippen molar-refractivity contribution in [2.75, 3.05) is 0 Å². The Balaban J connectivity index is 1.87. The van der Waals surface area contributed by atoms with Gasteiger partial charge in [0.15, 0.2) is 5.78 Å². The Morgan fingerprint density at radius 3 is 2.38 bits per heavy atom. The molecule has 3 aromatic rings. The predicted molar refractivity (Wildman–Crippen MR) is 106 cm³/mol. The van der Waals surface area contributed by atoms with Crippen molar-refractivity contribution >= 4 is 16.7 Å². The van der Waals surface area contributed by atoms with Gasteiger partial charge in [-0.2, -0.15) is 0 Å². The number of hydrogen-bond donors (Lipinski definition) is 0. The van der Waals surface area contributed by atoms with Crippen molar-refractivity contribution in [1.29, 1.82) is 0 Å². The van der Waals surface area contributed by atoms with Gasteiger partial charge in [0.2, 0.25) is 0 Å². The number of benzene rings is 2. The second kappa shape index (κ2) is 7.25. The van der Waals surface area contributed by atoms with Gasteiger partial charge in [0, 0.05) is 22.6 Å². The van der Waals surface area contributed by atoms with Gasteiger partial charge in [0.05, 0.1) is 11.1 Å². The fourth-order valence-corrected chi connectivity index (χ4v) is 3.30. The summed E-state index contributed by atoms with van der Waals surface area (Å²) in [6.07, 6.45) is 11.4. The third kappa shape index (κ3) is 3.20. The third-order valence-corrected chi connectivity index (χ3v) is 4.50. The van der Waals surface area contributed by atoms with E-state index in [1.807, 2.05) is 93.3 Å². The molecule has 0 amide bonds. The molecule has 26 heavy (non-hydrogen) atoms. The van der Waals surface area contributed by atoms with Crippen LogP contribution in [0, 0.1) is 38.5 Å². The van der Waals surface area contributed by atoms with Crippen LogP contribution in [0.2, 0.25) is 0 Å². The number of hydrogen-bond acceptors (Lipinski definition) is 2. The molecule has 1 aliphatic rings. The summed E-state index contributed by atoms with van der Waals surface area (Å²) in [5, 5.41) is 0.995. The molecule has 1 saturated carbocycles. The predicted octanol–water partition coefficient (Wildman–Crippen LogP) is 5.35. The van der Waals surface area contributed by atoms with Crippen LogP contribution in [0.5, 0.6) is 0 Å². The second-order valence-corrected chi connectivity index (χ2v) is 6.25. The molecule has 1 aliphatic carbocycles. The van der Waals surface area contributed by atoms with Crippen LogP contribution in [0.4, 0.5) is 0 Å². The van der Waals surface area contributed by atoms with Gasteiger partial charge < -0.3 is 0 Å². The number of ketones is 1. The van der Waals surface area contributed by atoms with E-state index in [2.05, 4.69) is 4.98 Å². The zero-order valence-corrected chi connectivity index (χ0v) is 14.5. The van der Waals surface area contributed by atoms with Gasteiger partial charge in [0.1, 0.15) is 0 Å². The number of fused-ring (bicyclic) bond motifs is 1. The van der Waals surface area contributed by atoms with E-state index in [9.17, 15) is 4.79 Å². The van der Waals surface area contributed by atoms with Gasteiger partial charge in [-0.05, 0) is 50.3 Å². The van der Waals surface area contributed by atoms with Crippen LogP contribution in [-0.4, -0.2) is 10.8 Å². The maximum atomic E-state index is 13.1. The second-order valence-electron chi connectivity index (χ2n) is 6.25. The number of para-hydroxylation sites is 1. The monoisotopic (exact) mass is 336 g/mol. The summed E-state index contributed by atoms with van der Waals surface area (Å²) in [6.45, 7) is 1.91. The van der Waals surface area contributed by atoms with Crippen LogP contribution in [-0.2, 0) is 0 Å². The molecular formula is C24H18NO. The Hall–Kier alpha value is -2.74. The quantitative estimate of drug-likeness (QED) is 0.474. The van der Waals surface area contributed by atoms with Crippen LogP contribution in [0.15, 0.2) is 66.7 Å². The molecule has 2 heteroatoms. The average molecular weight is 336 g/mol. The van der Waals surface area contributed by atoms with Crippen molar-refractivity contribution in [3.8, 4) is 11.1 Å². The first-order valence-corrected chi connectivity index (χ1v) is 8.63. The van der Waals surface area contributed by atoms with E-state index in [0.717, 1.165) is 33.6 Å². The molecule has 1 fully saturated rings. The summed E-state index contributed by atoms with van der Waals surface area (Å²) < 4.78 is 0. The highest BCUT2D eigenvalue weighted by molar-refractivity contribution is 6.15. The van der Waals surface area contributed by atoms with E-state index in [1.165, 1.54) is 0 Å². The normalized spacial score (nSPS) is 15.1. The van der Waals surface area contributed by atoms with Crippen molar-refractivity contribution < 1.29 is 4.79 Å². The number of carbonyl (C=O) groups excluding carboxylic acids is 1. The maximum Gasteiger partial charge on any atom is 0.188 e. The summed E-state index contributed by atoms with van der Waals surface area (Å²) in [6, 6.07) is 18.0. The number of aromatic nitrogens is 1. The number of nitrogens with zero attached hydrogens (tertiary/aromatic N) is 1. The van der Waals surface area contributed by atoms with E-state index >= 15 is 0 Å². The first-order chi connectivity index (χ1) is 12.7. The lowest BCUT2D eigenvalue weighted by Gasteiger charge is -2.14. The zero-order valence-electron chi connectivity index (χ0n) is 14.5. The van der Waals surface area contributed by atoms with Crippen LogP contribution in [0.1, 0.15) is 16.1 Å². The minimum Gasteiger partial charge on any atom is -0.289 e. The van der Waals surface area contributed by atoms with Gasteiger partial charge in [-0.25, -0.2) is 0 Å². The number of allylic oxidation sites excluding steroid dienone is 2. The van der Waals surface area contributed by atoms with Crippen LogP contribution in [0.3, 0.4) is 0 Å². The molecular weight excluding hydrogens is 318 g/mol. The number of aryl methyl sites for hydroxylation is 1. The summed E-state index contributed by atoms with van der Waals surface area (Å²) in [5.74, 6) is 0.992. The van der Waals surface area contributed by atoms with Crippen LogP contribution in [0.25, 0.3) is 22.0 Å². The minimum absolute atomic E-state index is 0.0270. The molecule has 2 aromatic carbocycles. The third-order valence-electron chi connectivity index (χ3n) is 4.50. The Kier molecular flexibility index (Phi) is 4.66. The molecule has 1 aromatic heterocycles. The van der Waals surface area contributed by atoms with E-state index in [-0.39, 0.29) is 5.78 Å². The molecule has 2 nitrogen and oxygen atoms in total. The van der Waals surface area contributed by atoms with Crippen molar-refractivity contribution in [1.82, 2.24) is 4.98 Å². The van der Waals surface area contributed by atoms with E-state index in [1.54, 1.807) is 6.08 Å². The molecule has 0 atom stereocenters. The molecule has 0 saturated heterocycles. The highest BCUT2D eigenvalue weighted by atomic mass is 16.1. The summed E-state index contributed by atoms with van der Waals surface area (Å²) in [7, 11) is 0. The molecule has 0 unspecified atom stereocenters. The zero-order chi connectivity index (χ0) is 17.9. The highest BCUT2D eigenvalue weighted by Crippen LogP contribution is 2.33. The first kappa shape index (κ1) is 16.7. The van der Waals surface area contributed by atoms with E-state index in [0.29, 0.717) is 5.56 Å². The smallest absolute Gasteiger partial charge is 0.188 e. The first-order valence-electron chi connectivity index (χ1n) is 8.63. The van der Waals surface area contributed by atoms with Crippen molar-refractivity contribution in [2.45, 2.75) is 6.92 Å². The topological polar surface area (TPSA) is 30.0 Å². The van der Waals surface area contributed by atoms with E-state index in [4.69, 9.17) is 0 Å². The summed E-state index contributed by atoms with van der Waals surface area (Å²) in [4.78, 5) is 17.7. The molecule has 1 heterocycles. The number of pyridine rings is 1. The minimum atomic E-state index is -0.0270. The van der Waals surface area contributed by atoms with Crippen molar-refractivity contribution in [3.63, 3.8) is 0 Å². The number of carbonyl (C=O) groups is 1. The fourth-order valence-electron chi connectivity index (χ4n) is 3.30. The van der Waals surface area contributed by atoms with Crippen molar-refractivity contribution in [2.24, 2.45) is 0 Å². The summed E-state index contributed by atoms with van der Waals surface area (Å²) >= 11 is 0. The Labute approximate surface area is 154 Å². The highest BCUT2D eigenvalue weighted by Gasteiger charge is 2.20. The van der Waals surface area contributed by atoms with Gasteiger partial charge in [0.25, 0.3) is 0 Å². The molecule has 5 radical (unpaired) electrons. The molecule has 0 spiro atoms. The van der Waals surface area contributed by atoms with Gasteiger partial charge in [-0.1, -0.05) is 54.6 Å². The standard InChI is InChI=1S/C24H18NO/c1-17-23(22(26)16-15-18-9-5-6-10-18)24(19-11-3-2-4-12-19)20-13-7-8-14-21(20)25-17/h2-16H,1H3/b16-15+. The molecule has 125 valence electrons. The van der Waals surface area contributed by atoms with Crippen molar-refractivity contribution in [3.05, 3.63) is 110 Å². The maximum absolute atomic E-state index is 13.1.